The first-order valence-corrected chi connectivity index (χ1v) is 4.14. The monoisotopic (exact) mass is 196 g/mol. The number of ether oxygens (including phenoxy) is 2. The lowest BCUT2D eigenvalue weighted by Crippen LogP contribution is -2.26. The van der Waals surface area contributed by atoms with Crippen LogP contribution in [0.2, 0.25) is 0 Å². The molecule has 1 aromatic rings. The van der Waals surface area contributed by atoms with E-state index in [9.17, 15) is 4.79 Å². The first kappa shape index (κ1) is 10.8. The van der Waals surface area contributed by atoms with Gasteiger partial charge in [-0.05, 0) is 0 Å². The summed E-state index contributed by atoms with van der Waals surface area (Å²) in [5, 5.41) is 8.51. The van der Waals surface area contributed by atoms with Gasteiger partial charge < -0.3 is 14.6 Å². The van der Waals surface area contributed by atoms with Crippen LogP contribution in [0.15, 0.2) is 30.3 Å². The molecule has 0 aliphatic carbocycles. The van der Waals surface area contributed by atoms with E-state index >= 15 is 0 Å². The summed E-state index contributed by atoms with van der Waals surface area (Å²) in [4.78, 5) is 11.6. The minimum absolute atomic E-state index is 0.304. The lowest BCUT2D eigenvalue weighted by molar-refractivity contribution is -0.141. The molecular formula is C10H12O4. The molecule has 0 heterocycles. The van der Waals surface area contributed by atoms with Gasteiger partial charge in [0.2, 0.25) is 12.1 Å². The van der Waals surface area contributed by atoms with E-state index in [2.05, 4.69) is 0 Å². The van der Waals surface area contributed by atoms with Crippen molar-refractivity contribution in [3.63, 3.8) is 0 Å². The fourth-order valence-electron chi connectivity index (χ4n) is 1.06. The number of hydrogen-bond acceptors (Lipinski definition) is 4. The van der Waals surface area contributed by atoms with E-state index in [1.54, 1.807) is 24.3 Å². The number of carbonyl (C=O) groups excluding carboxylic acids is 1. The molecule has 0 amide bonds. The molecule has 0 saturated carbocycles. The molecule has 1 aromatic carbocycles. The number of rotatable bonds is 5. The van der Waals surface area contributed by atoms with Crippen molar-refractivity contribution in [2.45, 2.75) is 6.29 Å². The van der Waals surface area contributed by atoms with Crippen LogP contribution in [-0.2, 0) is 9.47 Å². The zero-order valence-electron chi connectivity index (χ0n) is 7.84. The first-order valence-electron chi connectivity index (χ1n) is 4.14. The molecule has 1 atom stereocenters. The zero-order chi connectivity index (χ0) is 10.4. The van der Waals surface area contributed by atoms with Crippen molar-refractivity contribution in [2.75, 3.05) is 13.9 Å². The van der Waals surface area contributed by atoms with E-state index < -0.39 is 13.1 Å². The first-order chi connectivity index (χ1) is 6.79. The molecule has 76 valence electrons. The minimum atomic E-state index is -1.04. The standard InChI is InChI=1S/C10H12O4/c1-13-10(14-7-11)9(12)8-5-3-2-4-6-8/h2-6,10-11H,7H2,1H3. The molecule has 14 heavy (non-hydrogen) atoms. The molecule has 4 heteroatoms. The second kappa shape index (κ2) is 5.49. The molecule has 0 fully saturated rings. The number of benzene rings is 1. The number of aliphatic hydroxyl groups excluding tert-OH is 1. The maximum atomic E-state index is 11.6. The van der Waals surface area contributed by atoms with Crippen molar-refractivity contribution in [3.05, 3.63) is 35.9 Å². The highest BCUT2D eigenvalue weighted by molar-refractivity contribution is 5.98. The summed E-state index contributed by atoms with van der Waals surface area (Å²) in [6, 6.07) is 8.63. The summed E-state index contributed by atoms with van der Waals surface area (Å²) >= 11 is 0. The molecule has 0 spiro atoms. The summed E-state index contributed by atoms with van der Waals surface area (Å²) in [7, 11) is 1.35. The van der Waals surface area contributed by atoms with E-state index in [1.165, 1.54) is 7.11 Å². The predicted octanol–water partition coefficient (Wildman–Crippen LogP) is 0.808. The number of ketones is 1. The third-order valence-corrected chi connectivity index (χ3v) is 1.71. The largest absolute Gasteiger partial charge is 0.370 e. The Labute approximate surface area is 82.1 Å². The molecule has 0 radical (unpaired) electrons. The van der Waals surface area contributed by atoms with Gasteiger partial charge in [-0.25, -0.2) is 0 Å². The van der Waals surface area contributed by atoms with Crippen LogP contribution in [0.1, 0.15) is 10.4 Å². The van der Waals surface area contributed by atoms with E-state index in [-0.39, 0.29) is 5.78 Å². The molecule has 1 N–H and O–H groups in total. The third kappa shape index (κ3) is 2.63. The van der Waals surface area contributed by atoms with Crippen molar-refractivity contribution < 1.29 is 19.4 Å². The van der Waals surface area contributed by atoms with Crippen molar-refractivity contribution in [1.29, 1.82) is 0 Å². The predicted molar refractivity (Wildman–Crippen MR) is 49.7 cm³/mol. The van der Waals surface area contributed by atoms with Gasteiger partial charge in [-0.1, -0.05) is 30.3 Å². The van der Waals surface area contributed by atoms with Gasteiger partial charge >= 0.3 is 0 Å². The average Bonchev–Trinajstić information content (AvgIpc) is 2.26. The van der Waals surface area contributed by atoms with Crippen LogP contribution in [-0.4, -0.2) is 31.1 Å². The maximum absolute atomic E-state index is 11.6. The van der Waals surface area contributed by atoms with Gasteiger partial charge in [0.15, 0.2) is 0 Å². The highest BCUT2D eigenvalue weighted by atomic mass is 16.7. The summed E-state index contributed by atoms with van der Waals surface area (Å²) in [5.74, 6) is -0.304. The summed E-state index contributed by atoms with van der Waals surface area (Å²) in [6.45, 7) is -0.545. The zero-order valence-corrected chi connectivity index (χ0v) is 7.84. The Hall–Kier alpha value is -1.23. The third-order valence-electron chi connectivity index (χ3n) is 1.71. The Morgan fingerprint density at radius 1 is 1.43 bits per heavy atom. The Bertz CT molecular complexity index is 283. The molecule has 0 aliphatic rings. The smallest absolute Gasteiger partial charge is 0.224 e. The minimum Gasteiger partial charge on any atom is -0.370 e. The van der Waals surface area contributed by atoms with E-state index in [0.717, 1.165) is 0 Å². The van der Waals surface area contributed by atoms with Crippen molar-refractivity contribution in [2.24, 2.45) is 0 Å². The van der Waals surface area contributed by atoms with Gasteiger partial charge in [0.25, 0.3) is 0 Å². The second-order valence-electron chi connectivity index (χ2n) is 2.59. The fraction of sp³-hybridized carbons (Fsp3) is 0.300. The SMILES string of the molecule is COC(OCO)C(=O)c1ccccc1. The van der Waals surface area contributed by atoms with Crippen LogP contribution in [0.4, 0.5) is 0 Å². The average molecular weight is 196 g/mol. The quantitative estimate of drug-likeness (QED) is 0.559. The Kier molecular flexibility index (Phi) is 4.25. The molecule has 0 saturated heterocycles. The van der Waals surface area contributed by atoms with Crippen LogP contribution in [0.3, 0.4) is 0 Å². The lowest BCUT2D eigenvalue weighted by atomic mass is 10.1. The second-order valence-corrected chi connectivity index (χ2v) is 2.59. The molecular weight excluding hydrogens is 184 g/mol. The van der Waals surface area contributed by atoms with E-state index in [0.29, 0.717) is 5.56 Å². The molecule has 0 aliphatic heterocycles. The summed E-state index contributed by atoms with van der Waals surface area (Å²) in [5.41, 5.74) is 0.493. The molecule has 0 aromatic heterocycles. The van der Waals surface area contributed by atoms with Crippen molar-refractivity contribution in [3.8, 4) is 0 Å². The van der Waals surface area contributed by atoms with Crippen molar-refractivity contribution >= 4 is 5.78 Å². The molecule has 1 unspecified atom stereocenters. The highest BCUT2D eigenvalue weighted by Crippen LogP contribution is 2.06. The maximum Gasteiger partial charge on any atom is 0.224 e. The highest BCUT2D eigenvalue weighted by Gasteiger charge is 2.19. The van der Waals surface area contributed by atoms with Crippen LogP contribution in [0.25, 0.3) is 0 Å². The normalized spacial score (nSPS) is 12.4. The van der Waals surface area contributed by atoms with Crippen LogP contribution in [0, 0.1) is 0 Å². The van der Waals surface area contributed by atoms with Gasteiger partial charge in [0.05, 0.1) is 0 Å². The number of carbonyl (C=O) groups is 1. The van der Waals surface area contributed by atoms with Crippen LogP contribution < -0.4 is 0 Å². The number of aliphatic hydroxyl groups is 1. The van der Waals surface area contributed by atoms with E-state index in [4.69, 9.17) is 14.6 Å². The van der Waals surface area contributed by atoms with Crippen LogP contribution in [0.5, 0.6) is 0 Å². The number of Topliss-reactive ketones (excluding diaryl/α,β-unsaturated/α-hetero) is 1. The van der Waals surface area contributed by atoms with E-state index in [1.807, 2.05) is 6.07 Å². The Morgan fingerprint density at radius 3 is 2.57 bits per heavy atom. The number of methoxy groups -OCH3 is 1. The van der Waals surface area contributed by atoms with Gasteiger partial charge in [0.1, 0.15) is 6.79 Å². The number of hydrogen-bond donors (Lipinski definition) is 1. The summed E-state index contributed by atoms with van der Waals surface area (Å²) in [6.07, 6.45) is -1.04. The van der Waals surface area contributed by atoms with Crippen molar-refractivity contribution in [1.82, 2.24) is 0 Å². The Morgan fingerprint density at radius 2 is 2.07 bits per heavy atom. The molecule has 0 bridgehead atoms. The van der Waals surface area contributed by atoms with Gasteiger partial charge in [-0.2, -0.15) is 0 Å². The van der Waals surface area contributed by atoms with Gasteiger partial charge in [-0.3, -0.25) is 4.79 Å². The van der Waals surface area contributed by atoms with Gasteiger partial charge in [0, 0.05) is 12.7 Å². The van der Waals surface area contributed by atoms with Gasteiger partial charge in [-0.15, -0.1) is 0 Å². The van der Waals surface area contributed by atoms with Crippen LogP contribution >= 0.6 is 0 Å². The molecule has 4 nitrogen and oxygen atoms in total. The summed E-state index contributed by atoms with van der Waals surface area (Å²) < 4.78 is 9.47. The molecule has 1 rings (SSSR count). The Balaban J connectivity index is 2.73. The fourth-order valence-corrected chi connectivity index (χ4v) is 1.06. The lowest BCUT2D eigenvalue weighted by Gasteiger charge is -2.12. The topological polar surface area (TPSA) is 55.8 Å².